The van der Waals surface area contributed by atoms with Crippen LogP contribution in [0, 0.1) is 17.0 Å². The highest BCUT2D eigenvalue weighted by Gasteiger charge is 2.41. The minimum atomic E-state index is -0.565. The fraction of sp³-hybridized carbons (Fsp3) is 0.312. The number of rotatable bonds is 7. The number of benzene rings is 3. The molecule has 7 nitrogen and oxygen atoms in total. The van der Waals surface area contributed by atoms with E-state index in [4.69, 9.17) is 0 Å². The molecule has 1 aliphatic heterocycles. The van der Waals surface area contributed by atoms with Gasteiger partial charge in [0.1, 0.15) is 0 Å². The van der Waals surface area contributed by atoms with E-state index in [1.165, 1.54) is 6.07 Å². The molecule has 0 saturated carbocycles. The number of para-hydroxylation sites is 2. The molecule has 1 heterocycles. The van der Waals surface area contributed by atoms with Crippen molar-refractivity contribution in [2.24, 2.45) is 0 Å². The number of amides is 1. The van der Waals surface area contributed by atoms with Crippen LogP contribution in [0.15, 0.2) is 84.1 Å². The van der Waals surface area contributed by atoms with Gasteiger partial charge in [0, 0.05) is 36.2 Å². The van der Waals surface area contributed by atoms with E-state index in [-0.39, 0.29) is 29.7 Å². The third kappa shape index (κ3) is 5.35. The Balaban J connectivity index is 1.65. The smallest absolute Gasteiger partial charge is 0.269 e. The molecule has 7 heteroatoms. The van der Waals surface area contributed by atoms with Crippen LogP contribution in [0.2, 0.25) is 0 Å². The monoisotopic (exact) mass is 523 g/mol. The van der Waals surface area contributed by atoms with Gasteiger partial charge in [-0.2, -0.15) is 0 Å². The normalized spacial score (nSPS) is 18.6. The SMILES string of the molecule is CCCCCC(=O)N1c2ccccc2NC2=C(C(=O)C[C@H](c3cccc([N+](=O)[O-])c3)C2)[C@@H]1c1ccc(C)cc1. The Morgan fingerprint density at radius 1 is 1.00 bits per heavy atom. The van der Waals surface area contributed by atoms with E-state index in [2.05, 4.69) is 12.2 Å². The lowest BCUT2D eigenvalue weighted by molar-refractivity contribution is -0.384. The summed E-state index contributed by atoms with van der Waals surface area (Å²) in [5.41, 5.74) is 5.65. The van der Waals surface area contributed by atoms with Crippen LogP contribution in [0.25, 0.3) is 0 Å². The Hall–Kier alpha value is -4.26. The van der Waals surface area contributed by atoms with E-state index >= 15 is 0 Å². The van der Waals surface area contributed by atoms with Crippen molar-refractivity contribution < 1.29 is 14.5 Å². The zero-order valence-corrected chi connectivity index (χ0v) is 22.4. The molecule has 1 aliphatic carbocycles. The molecule has 0 spiro atoms. The average molecular weight is 524 g/mol. The number of anilines is 2. The number of carbonyl (C=O) groups is 2. The van der Waals surface area contributed by atoms with E-state index in [9.17, 15) is 19.7 Å². The second kappa shape index (κ2) is 11.2. The van der Waals surface area contributed by atoms with Gasteiger partial charge in [0.05, 0.1) is 22.3 Å². The van der Waals surface area contributed by atoms with Gasteiger partial charge in [-0.1, -0.05) is 73.9 Å². The molecule has 0 aromatic heterocycles. The van der Waals surface area contributed by atoms with Crippen molar-refractivity contribution in [2.75, 3.05) is 10.2 Å². The van der Waals surface area contributed by atoms with Gasteiger partial charge in [0.2, 0.25) is 5.91 Å². The third-order valence-electron chi connectivity index (χ3n) is 7.70. The maximum Gasteiger partial charge on any atom is 0.269 e. The minimum Gasteiger partial charge on any atom is -0.357 e. The van der Waals surface area contributed by atoms with Gasteiger partial charge in [-0.05, 0) is 48.9 Å². The Morgan fingerprint density at radius 3 is 2.51 bits per heavy atom. The molecule has 1 N–H and O–H groups in total. The summed E-state index contributed by atoms with van der Waals surface area (Å²) in [6, 6.07) is 21.7. The van der Waals surface area contributed by atoms with Gasteiger partial charge in [0.15, 0.2) is 5.78 Å². The molecule has 0 fully saturated rings. The van der Waals surface area contributed by atoms with Crippen LogP contribution in [-0.4, -0.2) is 16.6 Å². The Bertz CT molecular complexity index is 1440. The number of ketones is 1. The highest BCUT2D eigenvalue weighted by Crippen LogP contribution is 2.47. The number of aryl methyl sites for hydroxylation is 1. The molecule has 0 saturated heterocycles. The Kier molecular flexibility index (Phi) is 7.59. The summed E-state index contributed by atoms with van der Waals surface area (Å²) in [7, 11) is 0. The van der Waals surface area contributed by atoms with Crippen molar-refractivity contribution in [3.05, 3.63) is 111 Å². The lowest BCUT2D eigenvalue weighted by Gasteiger charge is -2.35. The number of fused-ring (bicyclic) bond motifs is 1. The van der Waals surface area contributed by atoms with Crippen molar-refractivity contribution in [1.29, 1.82) is 0 Å². The summed E-state index contributed by atoms with van der Waals surface area (Å²) in [6.45, 7) is 4.13. The maximum atomic E-state index is 14.0. The topological polar surface area (TPSA) is 92.6 Å². The van der Waals surface area contributed by atoms with Crippen molar-refractivity contribution in [3.63, 3.8) is 0 Å². The van der Waals surface area contributed by atoms with Gasteiger partial charge in [-0.25, -0.2) is 0 Å². The molecule has 200 valence electrons. The number of nitro groups is 1. The molecule has 3 aromatic carbocycles. The molecule has 39 heavy (non-hydrogen) atoms. The van der Waals surface area contributed by atoms with Gasteiger partial charge in [-0.15, -0.1) is 0 Å². The first-order valence-corrected chi connectivity index (χ1v) is 13.6. The standard InChI is InChI=1S/C32H33N3O4/c1-3-4-5-13-30(37)34-28-12-7-6-11-26(28)33-27-19-24(23-9-8-10-25(18-23)35(38)39)20-29(36)31(27)32(34)22-16-14-21(2)15-17-22/h6-12,14-18,24,32-33H,3-5,13,19-20H2,1-2H3/t24-,32+/m1/s1. The molecule has 0 unspecified atom stereocenters. The first kappa shape index (κ1) is 26.4. The number of carbonyl (C=O) groups excluding carboxylic acids is 2. The molecule has 2 aliphatic rings. The molecule has 0 radical (unpaired) electrons. The van der Waals surface area contributed by atoms with E-state index < -0.39 is 11.0 Å². The van der Waals surface area contributed by atoms with Gasteiger partial charge < -0.3 is 5.32 Å². The van der Waals surface area contributed by atoms with E-state index in [0.717, 1.165) is 53.0 Å². The van der Waals surface area contributed by atoms with Crippen LogP contribution in [-0.2, 0) is 9.59 Å². The number of allylic oxidation sites excluding steroid dienone is 1. The van der Waals surface area contributed by atoms with Crippen molar-refractivity contribution in [2.45, 2.75) is 64.3 Å². The van der Waals surface area contributed by atoms with Gasteiger partial charge in [-0.3, -0.25) is 24.6 Å². The lowest BCUT2D eigenvalue weighted by Crippen LogP contribution is -2.38. The maximum absolute atomic E-state index is 14.0. The van der Waals surface area contributed by atoms with Crippen LogP contribution in [0.4, 0.5) is 17.1 Å². The average Bonchev–Trinajstić information content (AvgIpc) is 3.08. The number of hydrogen-bond acceptors (Lipinski definition) is 5. The molecular weight excluding hydrogens is 490 g/mol. The van der Waals surface area contributed by atoms with E-state index in [0.29, 0.717) is 18.4 Å². The number of unbranched alkanes of at least 4 members (excludes halogenated alkanes) is 2. The summed E-state index contributed by atoms with van der Waals surface area (Å²) in [4.78, 5) is 40.8. The highest BCUT2D eigenvalue weighted by atomic mass is 16.6. The predicted molar refractivity (Wildman–Crippen MR) is 153 cm³/mol. The van der Waals surface area contributed by atoms with Crippen LogP contribution < -0.4 is 10.2 Å². The second-order valence-corrected chi connectivity index (χ2v) is 10.4. The number of nitrogens with one attached hydrogen (secondary N) is 1. The van der Waals surface area contributed by atoms with Gasteiger partial charge in [0.25, 0.3) is 5.69 Å². The van der Waals surface area contributed by atoms with E-state index in [1.807, 2.05) is 66.4 Å². The first-order valence-electron chi connectivity index (χ1n) is 13.6. The third-order valence-corrected chi connectivity index (χ3v) is 7.70. The number of non-ortho nitro benzene ring substituents is 1. The lowest BCUT2D eigenvalue weighted by atomic mass is 9.78. The van der Waals surface area contributed by atoms with Crippen LogP contribution in [0.1, 0.15) is 74.1 Å². The fourth-order valence-corrected chi connectivity index (χ4v) is 5.70. The Morgan fingerprint density at radius 2 is 1.77 bits per heavy atom. The largest absolute Gasteiger partial charge is 0.357 e. The summed E-state index contributed by atoms with van der Waals surface area (Å²) in [5.74, 6) is -0.267. The first-order chi connectivity index (χ1) is 18.9. The van der Waals surface area contributed by atoms with Crippen molar-refractivity contribution in [3.8, 4) is 0 Å². The van der Waals surface area contributed by atoms with Crippen LogP contribution >= 0.6 is 0 Å². The molecule has 3 aromatic rings. The number of nitrogens with zero attached hydrogens (tertiary/aromatic N) is 2. The number of hydrogen-bond donors (Lipinski definition) is 1. The quantitative estimate of drug-likeness (QED) is 0.198. The molecule has 2 atom stereocenters. The minimum absolute atomic E-state index is 0.00867. The van der Waals surface area contributed by atoms with Crippen molar-refractivity contribution in [1.82, 2.24) is 0 Å². The predicted octanol–water partition coefficient (Wildman–Crippen LogP) is 7.38. The second-order valence-electron chi connectivity index (χ2n) is 10.4. The van der Waals surface area contributed by atoms with Crippen LogP contribution in [0.3, 0.4) is 0 Å². The van der Waals surface area contributed by atoms with Crippen molar-refractivity contribution >= 4 is 28.8 Å². The van der Waals surface area contributed by atoms with Crippen LogP contribution in [0.5, 0.6) is 0 Å². The summed E-state index contributed by atoms with van der Waals surface area (Å²) in [5, 5.41) is 14.9. The van der Waals surface area contributed by atoms with Gasteiger partial charge >= 0.3 is 0 Å². The Labute approximate surface area is 228 Å². The van der Waals surface area contributed by atoms with E-state index in [1.54, 1.807) is 12.1 Å². The number of nitro benzene ring substituents is 1. The molecular formula is C32H33N3O4. The zero-order valence-electron chi connectivity index (χ0n) is 22.4. The fourth-order valence-electron chi connectivity index (χ4n) is 5.70. The highest BCUT2D eigenvalue weighted by molar-refractivity contribution is 6.06. The zero-order chi connectivity index (χ0) is 27.5. The molecule has 1 amide bonds. The summed E-state index contributed by atoms with van der Waals surface area (Å²) >= 11 is 0. The molecule has 5 rings (SSSR count). The molecule has 0 bridgehead atoms. The number of Topliss-reactive ketones (excluding diaryl/α,β-unsaturated/α-hetero) is 1. The summed E-state index contributed by atoms with van der Waals surface area (Å²) < 4.78 is 0. The summed E-state index contributed by atoms with van der Waals surface area (Å²) in [6.07, 6.45) is 3.90.